The van der Waals surface area contributed by atoms with Gasteiger partial charge in [-0.2, -0.15) is 0 Å². The normalized spacial score (nSPS) is 11.7. The first kappa shape index (κ1) is 40.7. The summed E-state index contributed by atoms with van der Waals surface area (Å²) in [6.07, 6.45) is 29.8. The molecule has 2 amide bonds. The third kappa shape index (κ3) is 25.1. The zero-order valence-electron chi connectivity index (χ0n) is 25.6. The number of nitrogens with zero attached hydrogens (tertiary/aromatic N) is 1. The molecule has 1 N–H and O–H groups in total. The topological polar surface area (TPSA) is 74.7 Å². The number of imide groups is 1. The van der Waals surface area contributed by atoms with Crippen LogP contribution in [-0.4, -0.2) is 63.4 Å². The Kier molecular flexibility index (Phi) is 31.9. The second-order valence-electron chi connectivity index (χ2n) is 11.4. The van der Waals surface area contributed by atoms with Crippen LogP contribution in [0.2, 0.25) is 0 Å². The molecule has 39 heavy (non-hydrogen) atoms. The van der Waals surface area contributed by atoms with Crippen molar-refractivity contribution >= 4 is 47.3 Å². The van der Waals surface area contributed by atoms with E-state index in [1.54, 1.807) is 0 Å². The summed E-state index contributed by atoms with van der Waals surface area (Å²) in [7, 11) is 0. The maximum atomic E-state index is 12.8. The van der Waals surface area contributed by atoms with E-state index in [1.165, 1.54) is 122 Å². The number of hydrogen-bond acceptors (Lipinski definition) is 3. The standard InChI is InChI=1S/C33H63NO4.Na.H/c1-4-6-8-10-12-14-15-16-17-18-19-21-23-25-27-29-32(36)34(30(3)33(37)38)31(35)28-26-24-22-20-13-11-9-7-5-2;;/h30H,4-29H2,1-3H3,(H,37,38);;/t30-;;/m0../s1. The van der Waals surface area contributed by atoms with Gasteiger partial charge < -0.3 is 5.11 Å². The summed E-state index contributed by atoms with van der Waals surface area (Å²) in [6, 6.07) is -1.09. The van der Waals surface area contributed by atoms with Crippen molar-refractivity contribution in [3.05, 3.63) is 0 Å². The van der Waals surface area contributed by atoms with Crippen molar-refractivity contribution in [2.24, 2.45) is 0 Å². The second kappa shape index (κ2) is 30.6. The monoisotopic (exact) mass is 561 g/mol. The number of hydrogen-bond donors (Lipinski definition) is 1. The van der Waals surface area contributed by atoms with Crippen LogP contribution >= 0.6 is 0 Å². The van der Waals surface area contributed by atoms with Gasteiger partial charge in [0, 0.05) is 12.8 Å². The van der Waals surface area contributed by atoms with Crippen LogP contribution in [0, 0.1) is 0 Å². The Bertz CT molecular complexity index is 584. The first-order valence-electron chi connectivity index (χ1n) is 16.5. The number of amides is 2. The van der Waals surface area contributed by atoms with E-state index in [-0.39, 0.29) is 54.2 Å². The summed E-state index contributed by atoms with van der Waals surface area (Å²) >= 11 is 0. The molecule has 0 bridgehead atoms. The molecule has 1 atom stereocenters. The van der Waals surface area contributed by atoms with Gasteiger partial charge in [-0.25, -0.2) is 4.79 Å². The quantitative estimate of drug-likeness (QED) is 0.0763. The molecule has 6 heteroatoms. The van der Waals surface area contributed by atoms with Crippen molar-refractivity contribution in [2.45, 2.75) is 194 Å². The number of rotatable bonds is 28. The molecule has 0 spiro atoms. The summed E-state index contributed by atoms with van der Waals surface area (Å²) in [5, 5.41) is 9.44. The molecule has 0 aromatic carbocycles. The number of aliphatic carboxylic acids is 1. The Labute approximate surface area is 264 Å². The van der Waals surface area contributed by atoms with E-state index in [0.29, 0.717) is 0 Å². The number of carboxylic acids is 1. The zero-order chi connectivity index (χ0) is 28.3. The molecule has 0 aromatic heterocycles. The molecule has 0 fully saturated rings. The predicted molar refractivity (Wildman–Crippen MR) is 167 cm³/mol. The molecule has 0 aliphatic rings. The van der Waals surface area contributed by atoms with Crippen molar-refractivity contribution in [3.8, 4) is 0 Å². The molecule has 0 aliphatic carbocycles. The van der Waals surface area contributed by atoms with Gasteiger partial charge in [-0.05, 0) is 19.8 Å². The average Bonchev–Trinajstić information content (AvgIpc) is 2.90. The van der Waals surface area contributed by atoms with Crippen LogP contribution in [-0.2, 0) is 14.4 Å². The molecule has 0 unspecified atom stereocenters. The predicted octanol–water partition coefficient (Wildman–Crippen LogP) is 9.35. The minimum atomic E-state index is -1.12. The van der Waals surface area contributed by atoms with Crippen LogP contribution in [0.15, 0.2) is 0 Å². The third-order valence-electron chi connectivity index (χ3n) is 7.77. The van der Waals surface area contributed by atoms with E-state index in [1.807, 2.05) is 0 Å². The van der Waals surface area contributed by atoms with Crippen LogP contribution in [0.4, 0.5) is 0 Å². The zero-order valence-corrected chi connectivity index (χ0v) is 25.6. The Morgan fingerprint density at radius 1 is 0.487 bits per heavy atom. The molecule has 0 rings (SSSR count). The van der Waals surface area contributed by atoms with Gasteiger partial charge in [0.1, 0.15) is 6.04 Å². The molecule has 0 aromatic rings. The molecule has 5 nitrogen and oxygen atoms in total. The van der Waals surface area contributed by atoms with Crippen LogP contribution < -0.4 is 0 Å². The van der Waals surface area contributed by atoms with E-state index in [4.69, 9.17) is 0 Å². The SMILES string of the molecule is CCCCCCCCCCCCCCCCCC(=O)N(C(=O)CCCCCCCCCCC)[C@@H](C)C(=O)O.[NaH]. The van der Waals surface area contributed by atoms with E-state index >= 15 is 0 Å². The molecular weight excluding hydrogens is 497 g/mol. The molecular formula is C33H64NNaO4. The van der Waals surface area contributed by atoms with Crippen molar-refractivity contribution < 1.29 is 19.5 Å². The van der Waals surface area contributed by atoms with Gasteiger partial charge in [0.15, 0.2) is 0 Å². The fourth-order valence-corrected chi connectivity index (χ4v) is 5.16. The summed E-state index contributed by atoms with van der Waals surface area (Å²) < 4.78 is 0. The molecule has 0 aliphatic heterocycles. The van der Waals surface area contributed by atoms with E-state index < -0.39 is 12.0 Å². The number of unbranched alkanes of at least 4 members (excludes halogenated alkanes) is 22. The molecule has 0 radical (unpaired) electrons. The van der Waals surface area contributed by atoms with Gasteiger partial charge >= 0.3 is 35.5 Å². The van der Waals surface area contributed by atoms with Gasteiger partial charge in [-0.1, -0.05) is 155 Å². The number of carbonyl (C=O) groups is 3. The maximum absolute atomic E-state index is 12.8. The van der Waals surface area contributed by atoms with Crippen molar-refractivity contribution in [1.29, 1.82) is 0 Å². The fraction of sp³-hybridized carbons (Fsp3) is 0.909. The van der Waals surface area contributed by atoms with E-state index in [0.717, 1.165) is 43.4 Å². The van der Waals surface area contributed by atoms with Gasteiger partial charge in [0.05, 0.1) is 0 Å². The second-order valence-corrected chi connectivity index (χ2v) is 11.4. The Balaban J connectivity index is 0. The van der Waals surface area contributed by atoms with Crippen molar-refractivity contribution in [1.82, 2.24) is 4.90 Å². The summed E-state index contributed by atoms with van der Waals surface area (Å²) in [5.41, 5.74) is 0. The van der Waals surface area contributed by atoms with Crippen molar-refractivity contribution in [2.75, 3.05) is 0 Å². The van der Waals surface area contributed by atoms with Crippen LogP contribution in [0.25, 0.3) is 0 Å². The van der Waals surface area contributed by atoms with Gasteiger partial charge in [-0.3, -0.25) is 14.5 Å². The fourth-order valence-electron chi connectivity index (χ4n) is 5.16. The van der Waals surface area contributed by atoms with E-state index in [2.05, 4.69) is 13.8 Å². The number of carbonyl (C=O) groups excluding carboxylic acids is 2. The molecule has 0 saturated heterocycles. The minimum absolute atomic E-state index is 0. The Morgan fingerprint density at radius 3 is 0.949 bits per heavy atom. The summed E-state index contributed by atoms with van der Waals surface area (Å²) in [4.78, 5) is 38.1. The van der Waals surface area contributed by atoms with Crippen LogP contribution in [0.1, 0.15) is 188 Å². The molecule has 226 valence electrons. The average molecular weight is 562 g/mol. The van der Waals surface area contributed by atoms with Gasteiger partial charge in [0.2, 0.25) is 11.8 Å². The molecule has 0 saturated carbocycles. The van der Waals surface area contributed by atoms with Gasteiger partial charge in [0.25, 0.3) is 0 Å². The third-order valence-corrected chi connectivity index (χ3v) is 7.77. The summed E-state index contributed by atoms with van der Waals surface area (Å²) in [5.74, 6) is -1.76. The Hall–Kier alpha value is -0.390. The van der Waals surface area contributed by atoms with E-state index in [9.17, 15) is 19.5 Å². The van der Waals surface area contributed by atoms with Gasteiger partial charge in [-0.15, -0.1) is 0 Å². The Morgan fingerprint density at radius 2 is 0.718 bits per heavy atom. The summed E-state index contributed by atoms with van der Waals surface area (Å²) in [6.45, 7) is 5.93. The van der Waals surface area contributed by atoms with Crippen molar-refractivity contribution in [3.63, 3.8) is 0 Å². The van der Waals surface area contributed by atoms with Crippen LogP contribution in [0.3, 0.4) is 0 Å². The molecule has 0 heterocycles. The number of carboxylic acid groups (broad SMARTS) is 1. The van der Waals surface area contributed by atoms with Crippen LogP contribution in [0.5, 0.6) is 0 Å². The first-order valence-corrected chi connectivity index (χ1v) is 16.5. The first-order chi connectivity index (χ1) is 18.5.